The molecule has 0 radical (unpaired) electrons. The fourth-order valence-electron chi connectivity index (χ4n) is 1.68. The second kappa shape index (κ2) is 6.01. The molecule has 0 aliphatic heterocycles. The molecule has 0 saturated carbocycles. The van der Waals surface area contributed by atoms with Crippen LogP contribution in [0.1, 0.15) is 27.3 Å². The third-order valence-electron chi connectivity index (χ3n) is 2.73. The third-order valence-corrected chi connectivity index (χ3v) is 2.73. The highest BCUT2D eigenvalue weighted by Crippen LogP contribution is 2.05. The van der Waals surface area contributed by atoms with Crippen molar-refractivity contribution in [3.05, 3.63) is 53.4 Å². The van der Waals surface area contributed by atoms with E-state index in [4.69, 9.17) is 5.11 Å². The Morgan fingerprint density at radius 1 is 1.32 bits per heavy atom. The zero-order valence-corrected chi connectivity index (χ0v) is 10.5. The van der Waals surface area contributed by atoms with Crippen molar-refractivity contribution in [1.29, 1.82) is 0 Å². The summed E-state index contributed by atoms with van der Waals surface area (Å²) in [4.78, 5) is 22.9. The van der Waals surface area contributed by atoms with Crippen LogP contribution in [-0.4, -0.2) is 26.0 Å². The van der Waals surface area contributed by atoms with Gasteiger partial charge in [0.15, 0.2) is 0 Å². The first-order valence-electron chi connectivity index (χ1n) is 5.82. The van der Waals surface area contributed by atoms with E-state index in [1.807, 2.05) is 19.1 Å². The quantitative estimate of drug-likeness (QED) is 0.837. The maximum absolute atomic E-state index is 11.0. The Kier molecular flexibility index (Phi) is 4.15. The Morgan fingerprint density at radius 3 is 2.84 bits per heavy atom. The summed E-state index contributed by atoms with van der Waals surface area (Å²) >= 11 is 0. The van der Waals surface area contributed by atoms with Crippen LogP contribution < -0.4 is 5.32 Å². The molecule has 0 amide bonds. The van der Waals surface area contributed by atoms with Crippen LogP contribution in [0, 0.1) is 6.92 Å². The molecule has 0 fully saturated rings. The van der Waals surface area contributed by atoms with Crippen molar-refractivity contribution in [2.24, 2.45) is 0 Å². The number of carbonyl (C=O) groups is 1. The smallest absolute Gasteiger partial charge is 0.339 e. The Balaban J connectivity index is 2.00. The second-order valence-electron chi connectivity index (χ2n) is 4.06. The molecule has 2 N–H and O–H groups in total. The average molecular weight is 258 g/mol. The summed E-state index contributed by atoms with van der Waals surface area (Å²) in [7, 11) is 0. The van der Waals surface area contributed by atoms with Crippen LogP contribution in [0.4, 0.5) is 0 Å². The Hall–Kier alpha value is -2.34. The number of hydrogen-bond acceptors (Lipinski definition) is 5. The van der Waals surface area contributed by atoms with Gasteiger partial charge < -0.3 is 10.4 Å². The van der Waals surface area contributed by atoms with Gasteiger partial charge in [0, 0.05) is 25.5 Å². The number of nitrogens with zero attached hydrogens (tertiary/aromatic N) is 3. The Bertz CT molecular complexity index is 586. The first-order valence-corrected chi connectivity index (χ1v) is 5.82. The van der Waals surface area contributed by atoms with Crippen LogP contribution in [0.2, 0.25) is 0 Å². The number of aromatic nitrogens is 3. The van der Waals surface area contributed by atoms with Crippen LogP contribution in [0.15, 0.2) is 30.9 Å². The molecule has 0 spiro atoms. The van der Waals surface area contributed by atoms with E-state index in [9.17, 15) is 4.79 Å². The monoisotopic (exact) mass is 258 g/mol. The van der Waals surface area contributed by atoms with Crippen molar-refractivity contribution in [3.63, 3.8) is 0 Å². The molecule has 6 heteroatoms. The molecular formula is C13H14N4O2. The van der Waals surface area contributed by atoms with Crippen LogP contribution in [-0.2, 0) is 13.1 Å². The van der Waals surface area contributed by atoms with Gasteiger partial charge >= 0.3 is 5.97 Å². The van der Waals surface area contributed by atoms with Crippen LogP contribution in [0.25, 0.3) is 0 Å². The summed E-state index contributed by atoms with van der Waals surface area (Å²) in [6.07, 6.45) is 4.38. The molecular weight excluding hydrogens is 244 g/mol. The number of nitrogens with one attached hydrogen (secondary N) is 1. The van der Waals surface area contributed by atoms with Gasteiger partial charge in [0.05, 0.1) is 11.4 Å². The van der Waals surface area contributed by atoms with Gasteiger partial charge in [-0.25, -0.2) is 14.8 Å². The first kappa shape index (κ1) is 13.1. The topological polar surface area (TPSA) is 88.0 Å². The van der Waals surface area contributed by atoms with Gasteiger partial charge in [-0.1, -0.05) is 6.07 Å². The molecule has 0 atom stereocenters. The van der Waals surface area contributed by atoms with Crippen molar-refractivity contribution in [2.75, 3.05) is 0 Å². The highest BCUT2D eigenvalue weighted by Gasteiger charge is 2.10. The van der Waals surface area contributed by atoms with Crippen LogP contribution in [0.5, 0.6) is 0 Å². The van der Waals surface area contributed by atoms with Gasteiger partial charge in [-0.2, -0.15) is 0 Å². The second-order valence-corrected chi connectivity index (χ2v) is 4.06. The number of pyridine rings is 1. The van der Waals surface area contributed by atoms with Gasteiger partial charge in [-0.3, -0.25) is 4.98 Å². The lowest BCUT2D eigenvalue weighted by Crippen LogP contribution is -2.18. The highest BCUT2D eigenvalue weighted by molar-refractivity contribution is 5.88. The molecule has 0 aliphatic carbocycles. The van der Waals surface area contributed by atoms with Gasteiger partial charge in [-0.05, 0) is 18.6 Å². The van der Waals surface area contributed by atoms with E-state index in [0.717, 1.165) is 11.3 Å². The molecule has 0 bridgehead atoms. The lowest BCUT2D eigenvalue weighted by atomic mass is 10.2. The first-order chi connectivity index (χ1) is 9.18. The molecule has 6 nitrogen and oxygen atoms in total. The molecule has 0 aromatic carbocycles. The number of carboxylic acids is 1. The van der Waals surface area contributed by atoms with E-state index in [-0.39, 0.29) is 5.56 Å². The molecule has 2 aromatic rings. The van der Waals surface area contributed by atoms with E-state index in [1.54, 1.807) is 6.20 Å². The number of aromatic carboxylic acids is 1. The standard InChI is InChI=1S/C13H14N4O2/c1-9-3-2-4-16-11(9)6-14-7-12-10(13(18)19)5-15-8-17-12/h2-5,8,14H,6-7H2,1H3,(H,18,19). The normalized spacial score (nSPS) is 10.4. The van der Waals surface area contributed by atoms with E-state index in [1.165, 1.54) is 12.5 Å². The summed E-state index contributed by atoms with van der Waals surface area (Å²) in [5, 5.41) is 12.1. The molecule has 98 valence electrons. The fraction of sp³-hybridized carbons (Fsp3) is 0.231. The zero-order valence-electron chi connectivity index (χ0n) is 10.5. The van der Waals surface area contributed by atoms with E-state index < -0.39 is 5.97 Å². The maximum atomic E-state index is 11.0. The maximum Gasteiger partial charge on any atom is 0.339 e. The molecule has 0 unspecified atom stereocenters. The summed E-state index contributed by atoms with van der Waals surface area (Å²) in [5.41, 5.74) is 2.62. The molecule has 2 rings (SSSR count). The average Bonchev–Trinajstić information content (AvgIpc) is 2.41. The van der Waals surface area contributed by atoms with Crippen molar-refractivity contribution in [1.82, 2.24) is 20.3 Å². The molecule has 2 aromatic heterocycles. The Labute approximate surface area is 110 Å². The number of rotatable bonds is 5. The zero-order chi connectivity index (χ0) is 13.7. The van der Waals surface area contributed by atoms with E-state index in [0.29, 0.717) is 18.8 Å². The van der Waals surface area contributed by atoms with Gasteiger partial charge in [0.1, 0.15) is 11.9 Å². The van der Waals surface area contributed by atoms with Crippen molar-refractivity contribution in [3.8, 4) is 0 Å². The van der Waals surface area contributed by atoms with Gasteiger partial charge in [0.25, 0.3) is 0 Å². The minimum absolute atomic E-state index is 0.118. The molecule has 19 heavy (non-hydrogen) atoms. The number of carboxylic acid groups (broad SMARTS) is 1. The SMILES string of the molecule is Cc1cccnc1CNCc1ncncc1C(=O)O. The fourth-order valence-corrected chi connectivity index (χ4v) is 1.68. The minimum Gasteiger partial charge on any atom is -0.478 e. The van der Waals surface area contributed by atoms with E-state index in [2.05, 4.69) is 20.3 Å². The predicted octanol–water partition coefficient (Wildman–Crippen LogP) is 1.17. The van der Waals surface area contributed by atoms with Gasteiger partial charge in [-0.15, -0.1) is 0 Å². The van der Waals surface area contributed by atoms with Crippen LogP contribution >= 0.6 is 0 Å². The largest absolute Gasteiger partial charge is 0.478 e. The van der Waals surface area contributed by atoms with Crippen molar-refractivity contribution >= 4 is 5.97 Å². The van der Waals surface area contributed by atoms with Crippen molar-refractivity contribution in [2.45, 2.75) is 20.0 Å². The van der Waals surface area contributed by atoms with Gasteiger partial charge in [0.2, 0.25) is 0 Å². The predicted molar refractivity (Wildman–Crippen MR) is 68.5 cm³/mol. The number of hydrogen-bond donors (Lipinski definition) is 2. The molecule has 2 heterocycles. The van der Waals surface area contributed by atoms with Crippen LogP contribution in [0.3, 0.4) is 0 Å². The van der Waals surface area contributed by atoms with Crippen molar-refractivity contribution < 1.29 is 9.90 Å². The summed E-state index contributed by atoms with van der Waals surface area (Å²) in [5.74, 6) is -1.02. The van der Waals surface area contributed by atoms with E-state index >= 15 is 0 Å². The minimum atomic E-state index is -1.02. The Morgan fingerprint density at radius 2 is 2.11 bits per heavy atom. The lowest BCUT2D eigenvalue weighted by molar-refractivity contribution is 0.0694. The lowest BCUT2D eigenvalue weighted by Gasteiger charge is -2.07. The summed E-state index contributed by atoms with van der Waals surface area (Å²) in [6, 6.07) is 3.86. The third kappa shape index (κ3) is 3.32. The highest BCUT2D eigenvalue weighted by atomic mass is 16.4. The molecule has 0 saturated heterocycles. The number of aryl methyl sites for hydroxylation is 1. The summed E-state index contributed by atoms with van der Waals surface area (Å²) < 4.78 is 0. The summed E-state index contributed by atoms with van der Waals surface area (Å²) in [6.45, 7) is 2.91. The molecule has 0 aliphatic rings.